The molecule has 19 heavy (non-hydrogen) atoms. The van der Waals surface area contributed by atoms with Gasteiger partial charge in [0.05, 0.1) is 6.54 Å². The largest absolute Gasteiger partial charge is 0.384 e. The van der Waals surface area contributed by atoms with Crippen molar-refractivity contribution in [3.05, 3.63) is 51.7 Å². The van der Waals surface area contributed by atoms with Crippen molar-refractivity contribution in [3.8, 4) is 11.8 Å². The molecule has 0 unspecified atom stereocenters. The van der Waals surface area contributed by atoms with Gasteiger partial charge in [-0.1, -0.05) is 24.0 Å². The molecular weight excluding hydrogens is 254 g/mol. The molecule has 0 fully saturated rings. The van der Waals surface area contributed by atoms with Gasteiger partial charge in [0.1, 0.15) is 6.61 Å². The molecule has 0 amide bonds. The molecule has 1 N–H and O–H groups in total. The minimum atomic E-state index is -0.0942. The van der Waals surface area contributed by atoms with E-state index >= 15 is 0 Å². The highest BCUT2D eigenvalue weighted by Gasteiger charge is 2.07. The number of aliphatic hydroxyl groups is 1. The minimum absolute atomic E-state index is 0.0942. The lowest BCUT2D eigenvalue weighted by atomic mass is 10.2. The van der Waals surface area contributed by atoms with Crippen LogP contribution in [0.3, 0.4) is 0 Å². The number of hydrogen-bond acceptors (Lipinski definition) is 3. The lowest BCUT2D eigenvalue weighted by Gasteiger charge is -2.19. The van der Waals surface area contributed by atoms with Gasteiger partial charge >= 0.3 is 0 Å². The molecule has 2 rings (SSSR count). The maximum Gasteiger partial charge on any atom is 0.104 e. The Morgan fingerprint density at radius 3 is 2.89 bits per heavy atom. The van der Waals surface area contributed by atoms with E-state index in [0.29, 0.717) is 0 Å². The van der Waals surface area contributed by atoms with E-state index in [1.165, 1.54) is 16.1 Å². The van der Waals surface area contributed by atoms with E-state index in [0.717, 1.165) is 12.1 Å². The summed E-state index contributed by atoms with van der Waals surface area (Å²) < 4.78 is 0. The van der Waals surface area contributed by atoms with Crippen molar-refractivity contribution < 1.29 is 5.11 Å². The highest BCUT2D eigenvalue weighted by molar-refractivity contribution is 7.10. The van der Waals surface area contributed by atoms with E-state index in [1.807, 2.05) is 11.4 Å². The van der Waals surface area contributed by atoms with Gasteiger partial charge in [-0.25, -0.2) is 0 Å². The van der Waals surface area contributed by atoms with E-state index in [1.54, 1.807) is 11.3 Å². The van der Waals surface area contributed by atoms with Gasteiger partial charge in [-0.3, -0.25) is 0 Å². The Balaban J connectivity index is 2.15. The van der Waals surface area contributed by atoms with Crippen LogP contribution < -0.4 is 4.90 Å². The van der Waals surface area contributed by atoms with E-state index in [2.05, 4.69) is 55.0 Å². The van der Waals surface area contributed by atoms with Gasteiger partial charge in [-0.2, -0.15) is 0 Å². The van der Waals surface area contributed by atoms with Gasteiger partial charge in [0.15, 0.2) is 0 Å². The van der Waals surface area contributed by atoms with Crippen molar-refractivity contribution in [2.24, 2.45) is 0 Å². The summed E-state index contributed by atoms with van der Waals surface area (Å²) in [4.78, 5) is 3.44. The van der Waals surface area contributed by atoms with Gasteiger partial charge in [-0.05, 0) is 36.1 Å². The van der Waals surface area contributed by atoms with Crippen LogP contribution >= 0.6 is 11.3 Å². The summed E-state index contributed by atoms with van der Waals surface area (Å²) in [6, 6.07) is 10.5. The highest BCUT2D eigenvalue weighted by atomic mass is 32.1. The van der Waals surface area contributed by atoms with Gasteiger partial charge < -0.3 is 10.0 Å². The Morgan fingerprint density at radius 2 is 2.16 bits per heavy atom. The molecule has 1 aromatic heterocycles. The molecule has 0 spiro atoms. The number of thiophene rings is 1. The van der Waals surface area contributed by atoms with Crippen LogP contribution in [0.4, 0.5) is 5.69 Å². The quantitative estimate of drug-likeness (QED) is 0.867. The SMILES string of the molecule is Cc1cccc(N(C)Cc2sccc2C#CCO)c1. The third kappa shape index (κ3) is 3.60. The van der Waals surface area contributed by atoms with Gasteiger partial charge in [0.2, 0.25) is 0 Å². The van der Waals surface area contributed by atoms with Crippen molar-refractivity contribution in [1.82, 2.24) is 0 Å². The first kappa shape index (κ1) is 13.7. The van der Waals surface area contributed by atoms with E-state index in [-0.39, 0.29) is 6.61 Å². The third-order valence-corrected chi connectivity index (χ3v) is 3.78. The van der Waals surface area contributed by atoms with Gasteiger partial charge in [0, 0.05) is 23.2 Å². The van der Waals surface area contributed by atoms with Crippen molar-refractivity contribution in [1.29, 1.82) is 0 Å². The Labute approximate surface area is 118 Å². The van der Waals surface area contributed by atoms with E-state index in [9.17, 15) is 0 Å². The first-order valence-electron chi connectivity index (χ1n) is 6.14. The monoisotopic (exact) mass is 271 g/mol. The summed E-state index contributed by atoms with van der Waals surface area (Å²) in [7, 11) is 2.08. The third-order valence-electron chi connectivity index (χ3n) is 2.87. The predicted octanol–water partition coefficient (Wildman–Crippen LogP) is 3.04. The summed E-state index contributed by atoms with van der Waals surface area (Å²) in [6.45, 7) is 2.83. The molecule has 0 radical (unpaired) electrons. The Kier molecular flexibility index (Phi) is 4.62. The minimum Gasteiger partial charge on any atom is -0.384 e. The maximum atomic E-state index is 8.77. The molecule has 1 aromatic carbocycles. The summed E-state index contributed by atoms with van der Waals surface area (Å²) in [5, 5.41) is 10.8. The molecule has 0 aliphatic rings. The van der Waals surface area contributed by atoms with E-state index < -0.39 is 0 Å². The fourth-order valence-electron chi connectivity index (χ4n) is 1.88. The lowest BCUT2D eigenvalue weighted by molar-refractivity contribution is 0.350. The summed E-state index contributed by atoms with van der Waals surface area (Å²) >= 11 is 1.70. The fourth-order valence-corrected chi connectivity index (χ4v) is 2.76. The number of aliphatic hydroxyl groups excluding tert-OH is 1. The Hall–Kier alpha value is -1.76. The molecule has 0 aliphatic heterocycles. The molecule has 0 aliphatic carbocycles. The molecular formula is C16H17NOS. The Bertz CT molecular complexity index is 606. The molecule has 0 bridgehead atoms. The maximum absolute atomic E-state index is 8.77. The fraction of sp³-hybridized carbons (Fsp3) is 0.250. The number of anilines is 1. The van der Waals surface area contributed by atoms with Crippen LogP contribution in [0.2, 0.25) is 0 Å². The zero-order valence-corrected chi connectivity index (χ0v) is 12.0. The van der Waals surface area contributed by atoms with Gasteiger partial charge in [-0.15, -0.1) is 11.3 Å². The second-order valence-electron chi connectivity index (χ2n) is 4.41. The average molecular weight is 271 g/mol. The zero-order valence-electron chi connectivity index (χ0n) is 11.2. The highest BCUT2D eigenvalue weighted by Crippen LogP contribution is 2.22. The average Bonchev–Trinajstić information content (AvgIpc) is 2.83. The molecule has 3 heteroatoms. The van der Waals surface area contributed by atoms with Crippen LogP contribution in [0.25, 0.3) is 0 Å². The second-order valence-corrected chi connectivity index (χ2v) is 5.41. The smallest absolute Gasteiger partial charge is 0.104 e. The summed E-state index contributed by atoms with van der Waals surface area (Å²) in [6.07, 6.45) is 0. The lowest BCUT2D eigenvalue weighted by Crippen LogP contribution is -2.16. The molecule has 0 saturated carbocycles. The Morgan fingerprint density at radius 1 is 1.32 bits per heavy atom. The number of aryl methyl sites for hydroxylation is 1. The van der Waals surface area contributed by atoms with Crippen LogP contribution in [-0.4, -0.2) is 18.8 Å². The van der Waals surface area contributed by atoms with Crippen LogP contribution in [-0.2, 0) is 6.54 Å². The molecule has 2 aromatic rings. The first-order chi connectivity index (χ1) is 9.20. The normalized spacial score (nSPS) is 9.84. The molecule has 0 atom stereocenters. The molecule has 98 valence electrons. The predicted molar refractivity (Wildman–Crippen MR) is 81.6 cm³/mol. The number of rotatable bonds is 3. The topological polar surface area (TPSA) is 23.5 Å². The molecule has 1 heterocycles. The van der Waals surface area contributed by atoms with Crippen LogP contribution in [0.15, 0.2) is 35.7 Å². The molecule has 2 nitrogen and oxygen atoms in total. The number of hydrogen-bond donors (Lipinski definition) is 1. The van der Waals surface area contributed by atoms with Crippen LogP contribution in [0.1, 0.15) is 16.0 Å². The standard InChI is InChI=1S/C16H17NOS/c1-13-5-3-7-15(11-13)17(2)12-16-14(6-4-9-18)8-10-19-16/h3,5,7-8,10-11,18H,9,12H2,1-2H3. The second kappa shape index (κ2) is 6.42. The van der Waals surface area contributed by atoms with Crippen LogP contribution in [0.5, 0.6) is 0 Å². The van der Waals surface area contributed by atoms with Crippen molar-refractivity contribution in [2.75, 3.05) is 18.6 Å². The number of benzene rings is 1. The van der Waals surface area contributed by atoms with Crippen molar-refractivity contribution >= 4 is 17.0 Å². The van der Waals surface area contributed by atoms with E-state index in [4.69, 9.17) is 5.11 Å². The zero-order chi connectivity index (χ0) is 13.7. The van der Waals surface area contributed by atoms with Crippen molar-refractivity contribution in [3.63, 3.8) is 0 Å². The van der Waals surface area contributed by atoms with Crippen molar-refractivity contribution in [2.45, 2.75) is 13.5 Å². The van der Waals surface area contributed by atoms with Gasteiger partial charge in [0.25, 0.3) is 0 Å². The summed E-state index contributed by atoms with van der Waals surface area (Å²) in [5.74, 6) is 5.70. The number of nitrogens with zero attached hydrogens (tertiary/aromatic N) is 1. The first-order valence-corrected chi connectivity index (χ1v) is 7.02. The van der Waals surface area contributed by atoms with Crippen LogP contribution in [0, 0.1) is 18.8 Å². The molecule has 0 saturated heterocycles. The summed E-state index contributed by atoms with van der Waals surface area (Å²) in [5.41, 5.74) is 3.48.